The van der Waals surface area contributed by atoms with Crippen LogP contribution in [-0.2, 0) is 6.54 Å². The summed E-state index contributed by atoms with van der Waals surface area (Å²) in [5.74, 6) is 0.415. The van der Waals surface area contributed by atoms with E-state index in [-0.39, 0.29) is 5.82 Å². The first-order chi connectivity index (χ1) is 9.06. The quantitative estimate of drug-likeness (QED) is 0.912. The molecule has 0 aromatic heterocycles. The Morgan fingerprint density at radius 2 is 1.95 bits per heavy atom. The molecule has 0 atom stereocenters. The van der Waals surface area contributed by atoms with Crippen LogP contribution < -0.4 is 5.73 Å². The third-order valence-electron chi connectivity index (χ3n) is 3.60. The minimum Gasteiger partial charge on any atom is -0.350 e. The van der Waals surface area contributed by atoms with Gasteiger partial charge in [-0.3, -0.25) is 5.01 Å². The fraction of sp³-hybridized carbons (Fsp3) is 0.500. The second kappa shape index (κ2) is 6.02. The lowest BCUT2D eigenvalue weighted by Crippen LogP contribution is -2.51. The standard InChI is InChI=1S/C14H20FN3O/c1-11-6-8-17(9-7-11)18(14(16)19)10-12-2-4-13(15)5-3-12/h2-5,11H,6-10H2,1H3,(H2,16,19). The van der Waals surface area contributed by atoms with Gasteiger partial charge in [-0.2, -0.15) is 0 Å². The van der Waals surface area contributed by atoms with Crippen molar-refractivity contribution in [3.8, 4) is 0 Å². The van der Waals surface area contributed by atoms with E-state index in [0.29, 0.717) is 12.5 Å². The van der Waals surface area contributed by atoms with E-state index in [2.05, 4.69) is 6.92 Å². The first-order valence-electron chi connectivity index (χ1n) is 6.62. The van der Waals surface area contributed by atoms with Gasteiger partial charge in [0.1, 0.15) is 5.82 Å². The second-order valence-corrected chi connectivity index (χ2v) is 5.16. The summed E-state index contributed by atoms with van der Waals surface area (Å²) >= 11 is 0. The van der Waals surface area contributed by atoms with Crippen LogP contribution in [-0.4, -0.2) is 29.1 Å². The molecular formula is C14H20FN3O. The van der Waals surface area contributed by atoms with Gasteiger partial charge in [0.25, 0.3) is 0 Å². The van der Waals surface area contributed by atoms with Gasteiger partial charge in [0, 0.05) is 13.1 Å². The number of piperidine rings is 1. The van der Waals surface area contributed by atoms with Crippen molar-refractivity contribution in [1.82, 2.24) is 10.0 Å². The molecule has 19 heavy (non-hydrogen) atoms. The van der Waals surface area contributed by atoms with E-state index in [0.717, 1.165) is 31.5 Å². The summed E-state index contributed by atoms with van der Waals surface area (Å²) < 4.78 is 12.9. The largest absolute Gasteiger partial charge is 0.350 e. The van der Waals surface area contributed by atoms with E-state index in [1.54, 1.807) is 17.1 Å². The average molecular weight is 265 g/mol. The van der Waals surface area contributed by atoms with Crippen LogP contribution in [0.15, 0.2) is 24.3 Å². The van der Waals surface area contributed by atoms with Crippen LogP contribution in [0.3, 0.4) is 0 Å². The molecule has 1 aliphatic heterocycles. The molecule has 4 nitrogen and oxygen atoms in total. The van der Waals surface area contributed by atoms with Crippen LogP contribution in [0.4, 0.5) is 9.18 Å². The molecule has 2 rings (SSSR count). The molecule has 1 aromatic carbocycles. The molecule has 0 saturated carbocycles. The predicted molar refractivity (Wildman–Crippen MR) is 71.5 cm³/mol. The number of nitrogens with two attached hydrogens (primary N) is 1. The van der Waals surface area contributed by atoms with Gasteiger partial charge >= 0.3 is 6.03 Å². The van der Waals surface area contributed by atoms with Gasteiger partial charge in [0.05, 0.1) is 6.54 Å². The number of urea groups is 1. The lowest BCUT2D eigenvalue weighted by Gasteiger charge is -2.38. The molecule has 0 spiro atoms. The van der Waals surface area contributed by atoms with E-state index in [4.69, 9.17) is 5.73 Å². The molecule has 104 valence electrons. The Kier molecular flexibility index (Phi) is 4.37. The number of carbonyl (C=O) groups excluding carboxylic acids is 1. The van der Waals surface area contributed by atoms with E-state index < -0.39 is 6.03 Å². The van der Waals surface area contributed by atoms with Gasteiger partial charge in [0.2, 0.25) is 0 Å². The monoisotopic (exact) mass is 265 g/mol. The minimum absolute atomic E-state index is 0.277. The summed E-state index contributed by atoms with van der Waals surface area (Å²) in [7, 11) is 0. The van der Waals surface area contributed by atoms with Crippen LogP contribution in [0.25, 0.3) is 0 Å². The maximum absolute atomic E-state index is 12.9. The van der Waals surface area contributed by atoms with Gasteiger partial charge in [-0.05, 0) is 36.5 Å². The van der Waals surface area contributed by atoms with Gasteiger partial charge in [-0.15, -0.1) is 0 Å². The molecule has 1 fully saturated rings. The highest BCUT2D eigenvalue weighted by atomic mass is 19.1. The Balaban J connectivity index is 2.04. The number of benzene rings is 1. The Hall–Kier alpha value is -1.62. The molecule has 5 heteroatoms. The Morgan fingerprint density at radius 3 is 2.47 bits per heavy atom. The molecule has 0 bridgehead atoms. The fourth-order valence-electron chi connectivity index (χ4n) is 2.32. The van der Waals surface area contributed by atoms with E-state index in [1.165, 1.54) is 12.1 Å². The van der Waals surface area contributed by atoms with Crippen LogP contribution in [0.2, 0.25) is 0 Å². The van der Waals surface area contributed by atoms with Gasteiger partial charge in [-0.25, -0.2) is 14.2 Å². The van der Waals surface area contributed by atoms with Crippen molar-refractivity contribution in [3.05, 3.63) is 35.6 Å². The van der Waals surface area contributed by atoms with E-state index >= 15 is 0 Å². The number of primary amides is 1. The summed E-state index contributed by atoms with van der Waals surface area (Å²) in [5.41, 5.74) is 6.33. The molecule has 0 aliphatic carbocycles. The number of amides is 2. The molecule has 1 saturated heterocycles. The SMILES string of the molecule is CC1CCN(N(Cc2ccc(F)cc2)C(N)=O)CC1. The third-order valence-corrected chi connectivity index (χ3v) is 3.60. The Bertz CT molecular complexity index is 427. The van der Waals surface area contributed by atoms with Crippen molar-refractivity contribution >= 4 is 6.03 Å². The minimum atomic E-state index is -0.459. The van der Waals surface area contributed by atoms with Gasteiger partial charge in [-0.1, -0.05) is 19.1 Å². The second-order valence-electron chi connectivity index (χ2n) is 5.16. The summed E-state index contributed by atoms with van der Waals surface area (Å²) in [6.07, 6.45) is 2.13. The number of hydrogen-bond acceptors (Lipinski definition) is 2. The van der Waals surface area contributed by atoms with E-state index in [1.807, 2.05) is 5.01 Å². The van der Waals surface area contributed by atoms with Crippen LogP contribution in [0.5, 0.6) is 0 Å². The van der Waals surface area contributed by atoms with Gasteiger partial charge < -0.3 is 5.73 Å². The molecule has 1 aromatic rings. The summed E-state index contributed by atoms with van der Waals surface area (Å²) in [4.78, 5) is 11.6. The van der Waals surface area contributed by atoms with Crippen LogP contribution in [0.1, 0.15) is 25.3 Å². The highest BCUT2D eigenvalue weighted by Crippen LogP contribution is 2.19. The first-order valence-corrected chi connectivity index (χ1v) is 6.62. The number of hydrogen-bond donors (Lipinski definition) is 1. The van der Waals surface area contributed by atoms with Crippen molar-refractivity contribution in [1.29, 1.82) is 0 Å². The molecule has 1 aliphatic rings. The average Bonchev–Trinajstić information content (AvgIpc) is 2.39. The smallest absolute Gasteiger partial charge is 0.329 e. The normalized spacial score (nSPS) is 17.4. The van der Waals surface area contributed by atoms with Crippen molar-refractivity contribution in [3.63, 3.8) is 0 Å². The Labute approximate surface area is 113 Å². The van der Waals surface area contributed by atoms with Crippen LogP contribution in [0, 0.1) is 11.7 Å². The Morgan fingerprint density at radius 1 is 1.37 bits per heavy atom. The fourth-order valence-corrected chi connectivity index (χ4v) is 2.32. The lowest BCUT2D eigenvalue weighted by molar-refractivity contribution is -0.0144. The lowest BCUT2D eigenvalue weighted by atomic mass is 10.0. The maximum atomic E-state index is 12.9. The zero-order valence-corrected chi connectivity index (χ0v) is 11.2. The number of nitrogens with zero attached hydrogens (tertiary/aromatic N) is 2. The highest BCUT2D eigenvalue weighted by molar-refractivity contribution is 5.71. The zero-order chi connectivity index (χ0) is 13.8. The van der Waals surface area contributed by atoms with Crippen molar-refractivity contribution in [2.45, 2.75) is 26.3 Å². The predicted octanol–water partition coefficient (Wildman–Crippen LogP) is 2.35. The van der Waals surface area contributed by atoms with Gasteiger partial charge in [0.15, 0.2) is 0 Å². The summed E-state index contributed by atoms with van der Waals surface area (Å²) in [6.45, 7) is 4.28. The van der Waals surface area contributed by atoms with E-state index in [9.17, 15) is 9.18 Å². The zero-order valence-electron chi connectivity index (χ0n) is 11.2. The first kappa shape index (κ1) is 13.8. The molecule has 0 radical (unpaired) electrons. The van der Waals surface area contributed by atoms with Crippen molar-refractivity contribution in [2.24, 2.45) is 11.7 Å². The van der Waals surface area contributed by atoms with Crippen molar-refractivity contribution < 1.29 is 9.18 Å². The third kappa shape index (κ3) is 3.67. The topological polar surface area (TPSA) is 49.6 Å². The van der Waals surface area contributed by atoms with Crippen molar-refractivity contribution in [2.75, 3.05) is 13.1 Å². The molecule has 2 N–H and O–H groups in total. The number of halogens is 1. The number of hydrazine groups is 1. The molecular weight excluding hydrogens is 245 g/mol. The number of carbonyl (C=O) groups is 1. The summed E-state index contributed by atoms with van der Waals surface area (Å²) in [5, 5.41) is 3.55. The molecule has 1 heterocycles. The molecule has 0 unspecified atom stereocenters. The molecule has 2 amide bonds. The number of rotatable bonds is 3. The maximum Gasteiger partial charge on any atom is 0.329 e. The summed E-state index contributed by atoms with van der Waals surface area (Å²) in [6, 6.07) is 5.69. The highest BCUT2D eigenvalue weighted by Gasteiger charge is 2.23. The van der Waals surface area contributed by atoms with Crippen LogP contribution >= 0.6 is 0 Å².